The Hall–Kier alpha value is -4.46. The fourth-order valence-electron chi connectivity index (χ4n) is 4.69. The lowest BCUT2D eigenvalue weighted by Crippen LogP contribution is -2.22. The predicted octanol–water partition coefficient (Wildman–Crippen LogP) is 4.65. The minimum absolute atomic E-state index is 0.0382. The third-order valence-electron chi connectivity index (χ3n) is 6.27. The largest absolute Gasteiger partial charge is 0.496 e. The number of carbonyl (C=O) groups is 1. The minimum Gasteiger partial charge on any atom is -0.496 e. The summed E-state index contributed by atoms with van der Waals surface area (Å²) in [6.45, 7) is 0.0773. The van der Waals surface area contributed by atoms with Gasteiger partial charge in [0.2, 0.25) is 12.5 Å². The van der Waals surface area contributed by atoms with Crippen LogP contribution in [0.5, 0.6) is 28.7 Å². The molecule has 0 spiro atoms. The smallest absolute Gasteiger partial charge is 0.312 e. The summed E-state index contributed by atoms with van der Waals surface area (Å²) < 4.78 is 34.1. The van der Waals surface area contributed by atoms with Crippen molar-refractivity contribution in [1.29, 1.82) is 0 Å². The van der Waals surface area contributed by atoms with Crippen LogP contribution in [0.15, 0.2) is 63.8 Å². The molecule has 0 fully saturated rings. The van der Waals surface area contributed by atoms with Crippen molar-refractivity contribution in [3.8, 4) is 40.1 Å². The van der Waals surface area contributed by atoms with Crippen molar-refractivity contribution in [3.05, 3.63) is 75.9 Å². The van der Waals surface area contributed by atoms with Crippen molar-refractivity contribution < 1.29 is 32.9 Å². The summed E-state index contributed by atoms with van der Waals surface area (Å²) in [7, 11) is 2.99. The fourth-order valence-corrected chi connectivity index (χ4v) is 4.69. The van der Waals surface area contributed by atoms with E-state index in [9.17, 15) is 9.59 Å². The standard InChI is InChI=1S/C27H20O8/c1-30-19-12-20-24(27-25(19)17(28)11-18(35-27)14-6-4-3-5-7-14)16(10-23(29)34-20)15-8-21(31-2)26-22(9-15)32-13-33-26/h3-9,11-12,16H,10,13H2,1-2H3. The molecule has 0 amide bonds. The number of benzene rings is 3. The van der Waals surface area contributed by atoms with Crippen LogP contribution in [-0.2, 0) is 4.79 Å². The van der Waals surface area contributed by atoms with Gasteiger partial charge in [-0.2, -0.15) is 0 Å². The summed E-state index contributed by atoms with van der Waals surface area (Å²) in [5.41, 5.74) is 2.11. The zero-order valence-electron chi connectivity index (χ0n) is 19.0. The van der Waals surface area contributed by atoms with Crippen molar-refractivity contribution in [3.63, 3.8) is 0 Å². The van der Waals surface area contributed by atoms with Crippen LogP contribution < -0.4 is 29.1 Å². The molecule has 0 aliphatic carbocycles. The molecule has 2 aliphatic rings. The van der Waals surface area contributed by atoms with Crippen LogP contribution in [0.25, 0.3) is 22.3 Å². The molecule has 0 bridgehead atoms. The van der Waals surface area contributed by atoms with Crippen molar-refractivity contribution in [2.75, 3.05) is 21.0 Å². The summed E-state index contributed by atoms with van der Waals surface area (Å²) in [5, 5.41) is 0.279. The minimum atomic E-state index is -0.489. The number of rotatable bonds is 4. The number of hydrogen-bond acceptors (Lipinski definition) is 8. The Balaban J connectivity index is 1.65. The lowest BCUT2D eigenvalue weighted by atomic mass is 9.84. The van der Waals surface area contributed by atoms with Crippen molar-refractivity contribution in [2.24, 2.45) is 0 Å². The highest BCUT2D eigenvalue weighted by Gasteiger charge is 2.35. The molecule has 0 saturated carbocycles. The molecule has 0 N–H and O–H groups in total. The molecule has 35 heavy (non-hydrogen) atoms. The Kier molecular flexibility index (Phi) is 4.88. The van der Waals surface area contributed by atoms with Gasteiger partial charge in [-0.25, -0.2) is 0 Å². The predicted molar refractivity (Wildman–Crippen MR) is 126 cm³/mol. The molecule has 1 unspecified atom stereocenters. The van der Waals surface area contributed by atoms with Gasteiger partial charge in [0.25, 0.3) is 0 Å². The number of methoxy groups -OCH3 is 2. The van der Waals surface area contributed by atoms with E-state index in [0.717, 1.165) is 11.1 Å². The molecular weight excluding hydrogens is 452 g/mol. The normalized spacial score (nSPS) is 16.1. The van der Waals surface area contributed by atoms with E-state index >= 15 is 0 Å². The van der Waals surface area contributed by atoms with Gasteiger partial charge < -0.3 is 28.1 Å². The first kappa shape index (κ1) is 21.1. The van der Waals surface area contributed by atoms with Gasteiger partial charge in [0, 0.05) is 29.2 Å². The highest BCUT2D eigenvalue weighted by molar-refractivity contribution is 5.93. The Morgan fingerprint density at radius 2 is 1.69 bits per heavy atom. The van der Waals surface area contributed by atoms with Gasteiger partial charge in [-0.05, 0) is 17.7 Å². The quantitative estimate of drug-likeness (QED) is 0.313. The van der Waals surface area contributed by atoms with Crippen LogP contribution in [0.3, 0.4) is 0 Å². The lowest BCUT2D eigenvalue weighted by Gasteiger charge is -2.27. The number of esters is 1. The molecule has 4 aromatic rings. The van der Waals surface area contributed by atoms with Crippen LogP contribution in [-0.4, -0.2) is 27.0 Å². The molecule has 1 aromatic heterocycles. The van der Waals surface area contributed by atoms with E-state index in [1.807, 2.05) is 36.4 Å². The Bertz CT molecular complexity index is 1540. The molecule has 3 heterocycles. The Morgan fingerprint density at radius 3 is 2.46 bits per heavy atom. The van der Waals surface area contributed by atoms with Gasteiger partial charge in [-0.3, -0.25) is 9.59 Å². The molecule has 8 heteroatoms. The first-order valence-electron chi connectivity index (χ1n) is 11.0. The number of ether oxygens (including phenoxy) is 5. The zero-order chi connectivity index (χ0) is 24.1. The third kappa shape index (κ3) is 3.37. The first-order valence-corrected chi connectivity index (χ1v) is 11.0. The van der Waals surface area contributed by atoms with Crippen molar-refractivity contribution in [1.82, 2.24) is 0 Å². The van der Waals surface area contributed by atoms with Gasteiger partial charge in [0.15, 0.2) is 16.9 Å². The first-order chi connectivity index (χ1) is 17.1. The van der Waals surface area contributed by atoms with Gasteiger partial charge >= 0.3 is 5.97 Å². The number of hydrogen-bond donors (Lipinski definition) is 0. The average molecular weight is 472 g/mol. The molecule has 3 aromatic carbocycles. The fraction of sp³-hybridized carbons (Fsp3) is 0.185. The lowest BCUT2D eigenvalue weighted by molar-refractivity contribution is -0.135. The maximum atomic E-state index is 13.3. The van der Waals surface area contributed by atoms with E-state index in [2.05, 4.69) is 0 Å². The van der Waals surface area contributed by atoms with Crippen molar-refractivity contribution in [2.45, 2.75) is 12.3 Å². The molecule has 0 radical (unpaired) electrons. The molecule has 0 saturated heterocycles. The summed E-state index contributed by atoms with van der Waals surface area (Å²) in [5.74, 6) is 1.55. The van der Waals surface area contributed by atoms with Crippen LogP contribution >= 0.6 is 0 Å². The Morgan fingerprint density at radius 1 is 0.886 bits per heavy atom. The van der Waals surface area contributed by atoms with Crippen molar-refractivity contribution >= 4 is 16.9 Å². The van der Waals surface area contributed by atoms with E-state index in [1.165, 1.54) is 20.3 Å². The second-order valence-electron chi connectivity index (χ2n) is 8.22. The second-order valence-corrected chi connectivity index (χ2v) is 8.22. The van der Waals surface area contributed by atoms with Crippen LogP contribution in [0, 0.1) is 0 Å². The second kappa shape index (κ2) is 8.09. The highest BCUT2D eigenvalue weighted by atomic mass is 16.7. The maximum absolute atomic E-state index is 13.3. The molecule has 1 atom stereocenters. The summed E-state index contributed by atoms with van der Waals surface area (Å²) in [6.07, 6.45) is 0.0382. The topological polar surface area (TPSA) is 93.4 Å². The van der Waals surface area contributed by atoms with Crippen LogP contribution in [0.1, 0.15) is 23.5 Å². The molecule has 2 aliphatic heterocycles. The van der Waals surface area contributed by atoms with Gasteiger partial charge in [0.05, 0.1) is 20.6 Å². The highest BCUT2D eigenvalue weighted by Crippen LogP contribution is 2.50. The molecule has 176 valence electrons. The number of carbonyl (C=O) groups excluding carboxylic acids is 1. The van der Waals surface area contributed by atoms with Crippen LogP contribution in [0.4, 0.5) is 0 Å². The van der Waals surface area contributed by atoms with E-state index in [0.29, 0.717) is 34.2 Å². The van der Waals surface area contributed by atoms with E-state index < -0.39 is 11.9 Å². The average Bonchev–Trinajstić information content (AvgIpc) is 3.36. The van der Waals surface area contributed by atoms with E-state index in [-0.39, 0.29) is 35.5 Å². The monoisotopic (exact) mass is 472 g/mol. The molecular formula is C27H20O8. The maximum Gasteiger partial charge on any atom is 0.312 e. The van der Waals surface area contributed by atoms with Crippen LogP contribution in [0.2, 0.25) is 0 Å². The SMILES string of the molecule is COc1cc(C2CC(=O)Oc3cc(OC)c4c(=O)cc(-c5ccccc5)oc4c32)cc2c1OCO2. The number of fused-ring (bicyclic) bond motifs is 4. The summed E-state index contributed by atoms with van der Waals surface area (Å²) in [6, 6.07) is 16.0. The Labute approximate surface area is 199 Å². The molecule has 8 nitrogen and oxygen atoms in total. The molecule has 6 rings (SSSR count). The van der Waals surface area contributed by atoms with E-state index in [4.69, 9.17) is 28.1 Å². The summed E-state index contributed by atoms with van der Waals surface area (Å²) >= 11 is 0. The van der Waals surface area contributed by atoms with Gasteiger partial charge in [0.1, 0.15) is 28.2 Å². The van der Waals surface area contributed by atoms with E-state index in [1.54, 1.807) is 12.1 Å². The summed E-state index contributed by atoms with van der Waals surface area (Å²) in [4.78, 5) is 25.9. The zero-order valence-corrected chi connectivity index (χ0v) is 19.0. The van der Waals surface area contributed by atoms with Gasteiger partial charge in [-0.15, -0.1) is 0 Å². The van der Waals surface area contributed by atoms with Gasteiger partial charge in [-0.1, -0.05) is 30.3 Å². The third-order valence-corrected chi connectivity index (χ3v) is 6.27.